The molecule has 5 heteroatoms. The Hall–Kier alpha value is -1.72. The van der Waals surface area contributed by atoms with Crippen LogP contribution in [0.1, 0.15) is 43.6 Å². The van der Waals surface area contributed by atoms with Crippen molar-refractivity contribution in [1.29, 1.82) is 0 Å². The summed E-state index contributed by atoms with van der Waals surface area (Å²) < 4.78 is 27.2. The zero-order valence-corrected chi connectivity index (χ0v) is 15.0. The molecule has 0 amide bonds. The summed E-state index contributed by atoms with van der Waals surface area (Å²) in [4.78, 5) is 4.61. The predicted molar refractivity (Wildman–Crippen MR) is 92.8 cm³/mol. The van der Waals surface area contributed by atoms with Crippen LogP contribution in [0.15, 0.2) is 47.5 Å². The number of aromatic nitrogens is 1. The topological polar surface area (TPSA) is 50.3 Å². The molecular formula is C18H24N2O2S. The van der Waals surface area contributed by atoms with Crippen LogP contribution in [0.5, 0.6) is 0 Å². The van der Waals surface area contributed by atoms with E-state index in [1.54, 1.807) is 25.4 Å². The average molecular weight is 332 g/mol. The van der Waals surface area contributed by atoms with E-state index in [9.17, 15) is 8.42 Å². The van der Waals surface area contributed by atoms with Crippen molar-refractivity contribution in [2.75, 3.05) is 7.05 Å². The van der Waals surface area contributed by atoms with Crippen LogP contribution in [-0.4, -0.2) is 24.8 Å². The summed E-state index contributed by atoms with van der Waals surface area (Å²) in [6, 6.07) is 10.6. The minimum atomic E-state index is -3.55. The van der Waals surface area contributed by atoms with Crippen molar-refractivity contribution in [3.05, 3.63) is 59.4 Å². The molecule has 0 aliphatic carbocycles. The molecule has 124 valence electrons. The Kier molecular flexibility index (Phi) is 5.55. The molecule has 23 heavy (non-hydrogen) atoms. The van der Waals surface area contributed by atoms with Crippen molar-refractivity contribution in [3.63, 3.8) is 0 Å². The van der Waals surface area contributed by atoms with Crippen LogP contribution < -0.4 is 0 Å². The highest BCUT2D eigenvalue weighted by Crippen LogP contribution is 2.26. The van der Waals surface area contributed by atoms with E-state index in [0.717, 1.165) is 24.1 Å². The molecule has 1 atom stereocenters. The largest absolute Gasteiger partial charge is 0.260 e. The van der Waals surface area contributed by atoms with Crippen molar-refractivity contribution in [1.82, 2.24) is 9.29 Å². The molecule has 0 saturated heterocycles. The lowest BCUT2D eigenvalue weighted by molar-refractivity contribution is 0.392. The van der Waals surface area contributed by atoms with Gasteiger partial charge in [-0.2, -0.15) is 4.31 Å². The third-order valence-corrected chi connectivity index (χ3v) is 6.20. The van der Waals surface area contributed by atoms with Crippen LogP contribution in [0.2, 0.25) is 0 Å². The Morgan fingerprint density at radius 3 is 2.35 bits per heavy atom. The molecule has 1 aromatic carbocycles. The van der Waals surface area contributed by atoms with Gasteiger partial charge in [-0.3, -0.25) is 4.98 Å². The van der Waals surface area contributed by atoms with Gasteiger partial charge in [0, 0.05) is 13.2 Å². The lowest BCUT2D eigenvalue weighted by atomic mass is 10.0. The lowest BCUT2D eigenvalue weighted by Gasteiger charge is -2.24. The zero-order chi connectivity index (χ0) is 17.0. The van der Waals surface area contributed by atoms with Crippen LogP contribution in [0, 0.1) is 0 Å². The fourth-order valence-corrected chi connectivity index (χ4v) is 4.01. The maximum Gasteiger partial charge on any atom is 0.243 e. The molecule has 0 fully saturated rings. The van der Waals surface area contributed by atoms with Crippen molar-refractivity contribution in [2.24, 2.45) is 0 Å². The quantitative estimate of drug-likeness (QED) is 0.812. The van der Waals surface area contributed by atoms with E-state index < -0.39 is 10.0 Å². The van der Waals surface area contributed by atoms with E-state index in [4.69, 9.17) is 0 Å². The maximum absolute atomic E-state index is 12.9. The highest BCUT2D eigenvalue weighted by molar-refractivity contribution is 7.89. The summed E-state index contributed by atoms with van der Waals surface area (Å²) in [5.41, 5.74) is 3.03. The molecular weight excluding hydrogens is 308 g/mol. The highest BCUT2D eigenvalue weighted by Gasteiger charge is 2.27. The highest BCUT2D eigenvalue weighted by atomic mass is 32.2. The fourth-order valence-electron chi connectivity index (χ4n) is 2.62. The smallest absolute Gasteiger partial charge is 0.243 e. The number of hydrogen-bond acceptors (Lipinski definition) is 3. The molecule has 0 radical (unpaired) electrons. The molecule has 2 aromatic rings. The Labute approximate surface area is 139 Å². The molecule has 4 nitrogen and oxygen atoms in total. The van der Waals surface area contributed by atoms with Crippen LogP contribution in [0.4, 0.5) is 0 Å². The first-order valence-electron chi connectivity index (χ1n) is 7.92. The van der Waals surface area contributed by atoms with Gasteiger partial charge in [0.05, 0.1) is 16.6 Å². The van der Waals surface area contributed by atoms with E-state index in [1.807, 2.05) is 38.1 Å². The van der Waals surface area contributed by atoms with Gasteiger partial charge in [-0.15, -0.1) is 0 Å². The van der Waals surface area contributed by atoms with Crippen LogP contribution in [0.25, 0.3) is 0 Å². The summed E-state index contributed by atoms with van der Waals surface area (Å²) in [6.07, 6.45) is 3.41. The minimum absolute atomic E-state index is 0.322. The molecule has 0 spiro atoms. The molecule has 0 aliphatic heterocycles. The van der Waals surface area contributed by atoms with Gasteiger partial charge in [0.1, 0.15) is 0 Å². The van der Waals surface area contributed by atoms with E-state index in [0.29, 0.717) is 4.90 Å². The summed E-state index contributed by atoms with van der Waals surface area (Å²) in [5, 5.41) is 0. The maximum atomic E-state index is 12.9. The van der Waals surface area contributed by atoms with Gasteiger partial charge in [0.2, 0.25) is 10.0 Å². The zero-order valence-electron chi connectivity index (χ0n) is 14.2. The van der Waals surface area contributed by atoms with Gasteiger partial charge in [0.25, 0.3) is 0 Å². The summed E-state index contributed by atoms with van der Waals surface area (Å²) >= 11 is 0. The van der Waals surface area contributed by atoms with Gasteiger partial charge in [-0.1, -0.05) is 26.0 Å². The standard InChI is InChI=1S/C18H24N2O2S/c1-5-15-10-11-17(13-16(15)6-2)23(21,22)20(4)14(3)18-9-7-8-12-19-18/h7-14H,5-6H2,1-4H3. The predicted octanol–water partition coefficient (Wildman–Crippen LogP) is 3.59. The number of benzene rings is 1. The van der Waals surface area contributed by atoms with Gasteiger partial charge in [-0.25, -0.2) is 8.42 Å². The van der Waals surface area contributed by atoms with Crippen molar-refractivity contribution >= 4 is 10.0 Å². The first-order valence-corrected chi connectivity index (χ1v) is 9.36. The first kappa shape index (κ1) is 17.6. The van der Waals surface area contributed by atoms with E-state index in [-0.39, 0.29) is 6.04 Å². The van der Waals surface area contributed by atoms with Crippen LogP contribution >= 0.6 is 0 Å². The second-order valence-electron chi connectivity index (χ2n) is 5.59. The minimum Gasteiger partial charge on any atom is -0.260 e. The van der Waals surface area contributed by atoms with E-state index in [1.165, 1.54) is 9.87 Å². The van der Waals surface area contributed by atoms with Crippen molar-refractivity contribution in [2.45, 2.75) is 44.6 Å². The van der Waals surface area contributed by atoms with Gasteiger partial charge in [0.15, 0.2) is 0 Å². The molecule has 1 aromatic heterocycles. The Bertz CT molecular complexity index is 758. The number of aryl methyl sites for hydroxylation is 2. The number of pyridine rings is 1. The monoisotopic (exact) mass is 332 g/mol. The Morgan fingerprint density at radius 2 is 1.78 bits per heavy atom. The molecule has 1 unspecified atom stereocenters. The Balaban J connectivity index is 2.38. The summed E-state index contributed by atoms with van der Waals surface area (Å²) in [6.45, 7) is 5.98. The van der Waals surface area contributed by atoms with E-state index >= 15 is 0 Å². The fraction of sp³-hybridized carbons (Fsp3) is 0.389. The number of hydrogen-bond donors (Lipinski definition) is 0. The third kappa shape index (κ3) is 3.62. The molecule has 2 rings (SSSR count). The lowest BCUT2D eigenvalue weighted by Crippen LogP contribution is -2.30. The summed E-state index contributed by atoms with van der Waals surface area (Å²) in [7, 11) is -1.95. The molecule has 0 aliphatic rings. The van der Waals surface area contributed by atoms with Gasteiger partial charge >= 0.3 is 0 Å². The molecule has 0 bridgehead atoms. The molecule has 0 saturated carbocycles. The van der Waals surface area contributed by atoms with Crippen LogP contribution in [-0.2, 0) is 22.9 Å². The third-order valence-electron chi connectivity index (χ3n) is 4.28. The average Bonchev–Trinajstić information content (AvgIpc) is 2.60. The van der Waals surface area contributed by atoms with Crippen molar-refractivity contribution in [3.8, 4) is 0 Å². The SMILES string of the molecule is CCc1ccc(S(=O)(=O)N(C)C(C)c2ccccn2)cc1CC. The number of nitrogens with zero attached hydrogens (tertiary/aromatic N) is 2. The number of sulfonamides is 1. The normalized spacial score (nSPS) is 13.3. The second-order valence-corrected chi connectivity index (χ2v) is 7.59. The van der Waals surface area contributed by atoms with E-state index in [2.05, 4.69) is 11.9 Å². The van der Waals surface area contributed by atoms with Crippen LogP contribution in [0.3, 0.4) is 0 Å². The van der Waals surface area contributed by atoms with Crippen molar-refractivity contribution < 1.29 is 8.42 Å². The molecule has 1 heterocycles. The summed E-state index contributed by atoms with van der Waals surface area (Å²) in [5.74, 6) is 0. The molecule has 0 N–H and O–H groups in total. The van der Waals surface area contributed by atoms with Gasteiger partial charge in [-0.05, 0) is 55.2 Å². The first-order chi connectivity index (χ1) is 10.9. The number of rotatable bonds is 6. The second kappa shape index (κ2) is 7.23. The Morgan fingerprint density at radius 1 is 1.09 bits per heavy atom. The van der Waals surface area contributed by atoms with Gasteiger partial charge < -0.3 is 0 Å².